The van der Waals surface area contributed by atoms with Gasteiger partial charge in [0.05, 0.1) is 11.8 Å². The summed E-state index contributed by atoms with van der Waals surface area (Å²) in [6.45, 7) is 5.66. The molecule has 5 nitrogen and oxygen atoms in total. The molecular weight excluding hydrogens is 324 g/mol. The van der Waals surface area contributed by atoms with Gasteiger partial charge in [0.1, 0.15) is 10.6 Å². The van der Waals surface area contributed by atoms with Crippen LogP contribution in [0.4, 0.5) is 5.69 Å². The number of anilines is 1. The largest absolute Gasteiger partial charge is 0.489 e. The van der Waals surface area contributed by atoms with E-state index >= 15 is 0 Å². The summed E-state index contributed by atoms with van der Waals surface area (Å²) in [7, 11) is -3.53. The molecule has 1 aromatic carbocycles. The van der Waals surface area contributed by atoms with Crippen molar-refractivity contribution >= 4 is 15.7 Å². The van der Waals surface area contributed by atoms with Gasteiger partial charge < -0.3 is 9.64 Å². The highest BCUT2D eigenvalue weighted by Crippen LogP contribution is 2.43. The number of rotatable bonds is 2. The summed E-state index contributed by atoms with van der Waals surface area (Å²) in [6, 6.07) is 6.22. The fraction of sp³-hybridized carbons (Fsp3) is 0.667. The van der Waals surface area contributed by atoms with Crippen molar-refractivity contribution in [3.05, 3.63) is 18.2 Å². The summed E-state index contributed by atoms with van der Waals surface area (Å²) in [5, 5.41) is 0. The molecule has 4 rings (SSSR count). The number of sulfonamides is 1. The van der Waals surface area contributed by atoms with Gasteiger partial charge in [-0.25, -0.2) is 8.42 Å². The monoisotopic (exact) mass is 350 g/mol. The van der Waals surface area contributed by atoms with Crippen LogP contribution in [0.15, 0.2) is 23.1 Å². The molecular formula is C18H26N2O3S. The van der Waals surface area contributed by atoms with E-state index in [4.69, 9.17) is 4.74 Å². The highest BCUT2D eigenvalue weighted by molar-refractivity contribution is 7.89. The van der Waals surface area contributed by atoms with E-state index in [1.165, 1.54) is 0 Å². The van der Waals surface area contributed by atoms with Gasteiger partial charge in [-0.2, -0.15) is 4.31 Å². The number of ether oxygens (including phenoxy) is 1. The molecule has 1 saturated carbocycles. The topological polar surface area (TPSA) is 49.9 Å². The Morgan fingerprint density at radius 3 is 2.54 bits per heavy atom. The Morgan fingerprint density at radius 2 is 1.88 bits per heavy atom. The molecule has 1 saturated heterocycles. The van der Waals surface area contributed by atoms with Crippen molar-refractivity contribution in [3.8, 4) is 5.75 Å². The summed E-state index contributed by atoms with van der Waals surface area (Å²) in [5.41, 5.74) is 0.817. The lowest BCUT2D eigenvalue weighted by Crippen LogP contribution is -2.39. The third-order valence-electron chi connectivity index (χ3n) is 5.43. The van der Waals surface area contributed by atoms with Crippen molar-refractivity contribution in [3.63, 3.8) is 0 Å². The summed E-state index contributed by atoms with van der Waals surface area (Å²) >= 11 is 0. The van der Waals surface area contributed by atoms with Crippen LogP contribution < -0.4 is 9.64 Å². The van der Waals surface area contributed by atoms with E-state index in [1.54, 1.807) is 4.31 Å². The van der Waals surface area contributed by atoms with Crippen molar-refractivity contribution in [2.24, 2.45) is 0 Å². The maximum absolute atomic E-state index is 13.5. The lowest BCUT2D eigenvalue weighted by atomic mass is 10.2. The third kappa shape index (κ3) is 2.69. The third-order valence-corrected chi connectivity index (χ3v) is 7.45. The molecule has 2 heterocycles. The zero-order chi connectivity index (χ0) is 16.9. The second-order valence-electron chi connectivity index (χ2n) is 7.35. The van der Waals surface area contributed by atoms with Gasteiger partial charge in [-0.1, -0.05) is 6.07 Å². The Bertz CT molecular complexity index is 730. The van der Waals surface area contributed by atoms with Gasteiger partial charge in [-0.3, -0.25) is 0 Å². The maximum Gasteiger partial charge on any atom is 0.249 e. The van der Waals surface area contributed by atoms with Crippen LogP contribution >= 0.6 is 0 Å². The van der Waals surface area contributed by atoms with Gasteiger partial charge in [0.25, 0.3) is 0 Å². The van der Waals surface area contributed by atoms with Crippen molar-refractivity contribution in [1.29, 1.82) is 0 Å². The molecule has 0 spiro atoms. The molecule has 0 radical (unpaired) electrons. The number of hydrogen-bond donors (Lipinski definition) is 0. The average Bonchev–Trinajstić information content (AvgIpc) is 3.26. The van der Waals surface area contributed by atoms with E-state index in [9.17, 15) is 8.42 Å². The molecule has 132 valence electrons. The van der Waals surface area contributed by atoms with Crippen molar-refractivity contribution in [2.45, 2.75) is 69.0 Å². The highest BCUT2D eigenvalue weighted by Gasteiger charge is 2.42. The van der Waals surface area contributed by atoms with Gasteiger partial charge in [0, 0.05) is 25.2 Å². The van der Waals surface area contributed by atoms with Crippen molar-refractivity contribution in [2.75, 3.05) is 18.0 Å². The minimum Gasteiger partial charge on any atom is -0.489 e. The Labute approximate surface area is 144 Å². The normalized spacial score (nSPS) is 30.3. The number of hydrogen-bond acceptors (Lipinski definition) is 4. The Morgan fingerprint density at radius 1 is 1.08 bits per heavy atom. The molecule has 1 aliphatic carbocycles. The zero-order valence-electron chi connectivity index (χ0n) is 14.4. The first kappa shape index (κ1) is 16.2. The molecule has 0 bridgehead atoms. The summed E-state index contributed by atoms with van der Waals surface area (Å²) < 4.78 is 34.7. The van der Waals surface area contributed by atoms with E-state index < -0.39 is 10.0 Å². The van der Waals surface area contributed by atoms with E-state index in [1.807, 2.05) is 25.1 Å². The molecule has 0 N–H and O–H groups in total. The first-order valence-corrected chi connectivity index (χ1v) is 10.5. The van der Waals surface area contributed by atoms with Crippen LogP contribution in [0.2, 0.25) is 0 Å². The molecule has 24 heavy (non-hydrogen) atoms. The van der Waals surface area contributed by atoms with Gasteiger partial charge in [0.2, 0.25) is 10.0 Å². The Hall–Kier alpha value is -1.27. The lowest BCUT2D eigenvalue weighted by molar-refractivity contribution is 0.186. The van der Waals surface area contributed by atoms with Crippen LogP contribution in [0.1, 0.15) is 46.0 Å². The zero-order valence-corrected chi connectivity index (χ0v) is 15.3. The van der Waals surface area contributed by atoms with Gasteiger partial charge in [-0.05, 0) is 58.1 Å². The fourth-order valence-electron chi connectivity index (χ4n) is 3.94. The summed E-state index contributed by atoms with van der Waals surface area (Å²) in [6.07, 6.45) is 4.92. The number of fused-ring (bicyclic) bond motifs is 1. The Balaban J connectivity index is 1.87. The first-order chi connectivity index (χ1) is 11.5. The van der Waals surface area contributed by atoms with E-state index in [2.05, 4.69) is 11.8 Å². The van der Waals surface area contributed by atoms with E-state index in [0.29, 0.717) is 23.2 Å². The molecule has 2 atom stereocenters. The predicted molar refractivity (Wildman–Crippen MR) is 94.1 cm³/mol. The SMILES string of the molecule is C[C@@H]1CCN(C2CC2)S(=O)(=O)c2c(cccc2N2CCC[C@@H]2C)O1. The predicted octanol–water partition coefficient (Wildman–Crippen LogP) is 3.00. The van der Waals surface area contributed by atoms with Crippen LogP contribution in [0.5, 0.6) is 5.75 Å². The molecule has 6 heteroatoms. The fourth-order valence-corrected chi connectivity index (χ4v) is 5.94. The van der Waals surface area contributed by atoms with Crippen molar-refractivity contribution < 1.29 is 13.2 Å². The van der Waals surface area contributed by atoms with E-state index in [-0.39, 0.29) is 12.1 Å². The molecule has 0 unspecified atom stereocenters. The van der Waals surface area contributed by atoms with Crippen LogP contribution in [0, 0.1) is 0 Å². The van der Waals surface area contributed by atoms with Crippen LogP contribution in [0.25, 0.3) is 0 Å². The van der Waals surface area contributed by atoms with Gasteiger partial charge in [0.15, 0.2) is 0 Å². The molecule has 0 amide bonds. The van der Waals surface area contributed by atoms with Crippen LogP contribution in [0.3, 0.4) is 0 Å². The second kappa shape index (κ2) is 5.92. The van der Waals surface area contributed by atoms with Gasteiger partial charge in [-0.15, -0.1) is 0 Å². The Kier molecular flexibility index (Phi) is 4.00. The first-order valence-electron chi connectivity index (χ1n) is 9.06. The second-order valence-corrected chi connectivity index (χ2v) is 9.18. The minimum atomic E-state index is -3.53. The van der Waals surface area contributed by atoms with Crippen LogP contribution in [-0.2, 0) is 10.0 Å². The van der Waals surface area contributed by atoms with E-state index in [0.717, 1.165) is 44.3 Å². The quantitative estimate of drug-likeness (QED) is 0.823. The molecule has 2 fully saturated rings. The standard InChI is InChI=1S/C18H26N2O3S/c1-13-5-4-11-19(13)16-6-3-7-17-18(16)24(21,22)20(15-8-9-15)12-10-14(2)23-17/h3,6-7,13-15H,4-5,8-12H2,1-2H3/t13-,14+/m0/s1. The van der Waals surface area contributed by atoms with Gasteiger partial charge >= 0.3 is 0 Å². The lowest BCUT2D eigenvalue weighted by Gasteiger charge is -2.33. The smallest absolute Gasteiger partial charge is 0.249 e. The summed E-state index contributed by atoms with van der Waals surface area (Å²) in [4.78, 5) is 2.62. The minimum absolute atomic E-state index is 0.0201. The molecule has 3 aliphatic rings. The van der Waals surface area contributed by atoms with Crippen LogP contribution in [-0.4, -0.2) is 44.0 Å². The number of benzene rings is 1. The highest BCUT2D eigenvalue weighted by atomic mass is 32.2. The maximum atomic E-state index is 13.5. The molecule has 1 aromatic rings. The molecule has 2 aliphatic heterocycles. The molecule has 0 aromatic heterocycles. The number of nitrogens with zero attached hydrogens (tertiary/aromatic N) is 2. The average molecular weight is 350 g/mol. The van der Waals surface area contributed by atoms with Crippen molar-refractivity contribution in [1.82, 2.24) is 4.31 Å². The summed E-state index contributed by atoms with van der Waals surface area (Å²) in [5.74, 6) is 0.518.